The van der Waals surface area contributed by atoms with Crippen LogP contribution in [-0.4, -0.2) is 21.9 Å². The summed E-state index contributed by atoms with van der Waals surface area (Å²) >= 11 is 10.2. The number of hydrogen-bond acceptors (Lipinski definition) is 3. The first-order chi connectivity index (χ1) is 7.22. The summed E-state index contributed by atoms with van der Waals surface area (Å²) in [5.41, 5.74) is 0.906. The van der Waals surface area contributed by atoms with Gasteiger partial charge in [-0.15, -0.1) is 0 Å². The van der Waals surface area contributed by atoms with Gasteiger partial charge in [-0.1, -0.05) is 0 Å². The number of aromatic amines is 2. The zero-order valence-electron chi connectivity index (χ0n) is 7.98. The first kappa shape index (κ1) is 10.1. The zero-order chi connectivity index (χ0) is 10.8. The molecular formula is C9H9N3OS2. The monoisotopic (exact) mass is 239 g/mol. The van der Waals surface area contributed by atoms with Crippen molar-refractivity contribution in [1.82, 2.24) is 14.8 Å². The number of methoxy groups -OCH3 is 1. The van der Waals surface area contributed by atoms with Crippen LogP contribution in [0.15, 0.2) is 24.3 Å². The van der Waals surface area contributed by atoms with Gasteiger partial charge >= 0.3 is 0 Å². The Hall–Kier alpha value is -1.40. The first-order valence-electron chi connectivity index (χ1n) is 4.26. The number of nitrogens with one attached hydrogen (secondary N) is 2. The Bertz CT molecular complexity index is 537. The molecule has 0 aliphatic heterocycles. The van der Waals surface area contributed by atoms with Gasteiger partial charge in [0.1, 0.15) is 5.75 Å². The second kappa shape index (κ2) is 4.00. The average Bonchev–Trinajstić information content (AvgIpc) is 2.59. The van der Waals surface area contributed by atoms with E-state index in [0.717, 1.165) is 11.4 Å². The van der Waals surface area contributed by atoms with E-state index >= 15 is 0 Å². The molecule has 6 heteroatoms. The Morgan fingerprint density at radius 3 is 2.07 bits per heavy atom. The summed E-state index contributed by atoms with van der Waals surface area (Å²) < 4.78 is 7.90. The normalized spacial score (nSPS) is 10.2. The van der Waals surface area contributed by atoms with Crippen molar-refractivity contribution in [2.45, 2.75) is 0 Å². The van der Waals surface area contributed by atoms with Crippen LogP contribution in [0.1, 0.15) is 0 Å². The van der Waals surface area contributed by atoms with Crippen molar-refractivity contribution in [2.75, 3.05) is 7.11 Å². The van der Waals surface area contributed by atoms with E-state index in [1.54, 1.807) is 11.7 Å². The Labute approximate surface area is 96.5 Å². The molecule has 2 rings (SSSR count). The molecule has 0 saturated carbocycles. The molecule has 0 atom stereocenters. The third-order valence-electron chi connectivity index (χ3n) is 2.01. The van der Waals surface area contributed by atoms with E-state index in [9.17, 15) is 0 Å². The van der Waals surface area contributed by atoms with Crippen LogP contribution in [0.2, 0.25) is 0 Å². The lowest BCUT2D eigenvalue weighted by Gasteiger charge is -2.03. The zero-order valence-corrected chi connectivity index (χ0v) is 9.61. The maximum atomic E-state index is 5.09. The highest BCUT2D eigenvalue weighted by Crippen LogP contribution is 2.15. The SMILES string of the molecule is COc1ccc(-n2c(=S)[nH][nH]c2=S)cc1. The predicted octanol–water partition coefficient (Wildman–Crippen LogP) is 2.60. The molecule has 2 aromatic rings. The standard InChI is InChI=1S/C9H9N3OS2/c1-13-7-4-2-6(3-5-7)12-8(14)10-11-9(12)15/h2-5H,1H3,(H,10,14)(H,11,15). The highest BCUT2D eigenvalue weighted by atomic mass is 32.1. The molecule has 0 amide bonds. The molecule has 0 unspecified atom stereocenters. The molecule has 1 aromatic heterocycles. The number of ether oxygens (including phenoxy) is 1. The van der Waals surface area contributed by atoms with Crippen LogP contribution in [0.4, 0.5) is 0 Å². The van der Waals surface area contributed by atoms with Crippen LogP contribution < -0.4 is 4.74 Å². The van der Waals surface area contributed by atoms with Gasteiger partial charge in [0.2, 0.25) is 0 Å². The van der Waals surface area contributed by atoms with Crippen molar-refractivity contribution in [3.05, 3.63) is 33.8 Å². The molecule has 15 heavy (non-hydrogen) atoms. The molecule has 4 nitrogen and oxygen atoms in total. The van der Waals surface area contributed by atoms with Gasteiger partial charge in [-0.05, 0) is 48.7 Å². The molecule has 0 saturated heterocycles. The minimum Gasteiger partial charge on any atom is -0.497 e. The number of aromatic nitrogens is 3. The average molecular weight is 239 g/mol. The Morgan fingerprint density at radius 1 is 1.07 bits per heavy atom. The van der Waals surface area contributed by atoms with E-state index in [2.05, 4.69) is 10.2 Å². The third kappa shape index (κ3) is 1.86. The van der Waals surface area contributed by atoms with Gasteiger partial charge in [-0.3, -0.25) is 14.8 Å². The van der Waals surface area contributed by atoms with Crippen molar-refractivity contribution in [1.29, 1.82) is 0 Å². The van der Waals surface area contributed by atoms with E-state index < -0.39 is 0 Å². The lowest BCUT2D eigenvalue weighted by molar-refractivity contribution is 0.414. The third-order valence-corrected chi connectivity index (χ3v) is 2.58. The molecule has 78 valence electrons. The topological polar surface area (TPSA) is 45.7 Å². The van der Waals surface area contributed by atoms with Gasteiger partial charge in [0.05, 0.1) is 12.8 Å². The van der Waals surface area contributed by atoms with E-state index in [4.69, 9.17) is 29.2 Å². The number of benzene rings is 1. The van der Waals surface area contributed by atoms with Crippen LogP contribution in [-0.2, 0) is 0 Å². The summed E-state index contributed by atoms with van der Waals surface area (Å²) in [5.74, 6) is 0.802. The van der Waals surface area contributed by atoms with Gasteiger partial charge in [0, 0.05) is 0 Å². The number of rotatable bonds is 2. The molecular weight excluding hydrogens is 230 g/mol. The fourth-order valence-electron chi connectivity index (χ4n) is 1.28. The maximum absolute atomic E-state index is 5.09. The first-order valence-corrected chi connectivity index (χ1v) is 5.08. The van der Waals surface area contributed by atoms with Crippen molar-refractivity contribution < 1.29 is 4.74 Å². The van der Waals surface area contributed by atoms with Gasteiger partial charge < -0.3 is 4.74 Å². The molecule has 1 aromatic carbocycles. The Balaban J connectivity index is 2.55. The lowest BCUT2D eigenvalue weighted by atomic mass is 10.3. The second-order valence-corrected chi connectivity index (χ2v) is 3.67. The number of H-pyrrole nitrogens is 2. The van der Waals surface area contributed by atoms with Crippen molar-refractivity contribution in [3.8, 4) is 11.4 Å². The highest BCUT2D eigenvalue weighted by molar-refractivity contribution is 7.72. The van der Waals surface area contributed by atoms with Crippen LogP contribution >= 0.6 is 24.4 Å². The molecule has 0 spiro atoms. The molecule has 1 heterocycles. The molecule has 2 N–H and O–H groups in total. The fourth-order valence-corrected chi connectivity index (χ4v) is 1.83. The van der Waals surface area contributed by atoms with Crippen LogP contribution in [0.25, 0.3) is 5.69 Å². The molecule has 0 radical (unpaired) electrons. The van der Waals surface area contributed by atoms with Crippen LogP contribution in [0.3, 0.4) is 0 Å². The van der Waals surface area contributed by atoms with Crippen molar-refractivity contribution >= 4 is 24.4 Å². The fraction of sp³-hybridized carbons (Fsp3) is 0.111. The Morgan fingerprint density at radius 2 is 1.60 bits per heavy atom. The van der Waals surface area contributed by atoms with Gasteiger partial charge in [0.15, 0.2) is 9.54 Å². The minimum atomic E-state index is 0.546. The van der Waals surface area contributed by atoms with Crippen LogP contribution in [0.5, 0.6) is 5.75 Å². The summed E-state index contributed by atoms with van der Waals surface area (Å²) in [6.07, 6.45) is 0. The largest absolute Gasteiger partial charge is 0.497 e. The maximum Gasteiger partial charge on any atom is 0.198 e. The molecule has 0 fully saturated rings. The van der Waals surface area contributed by atoms with E-state index in [0.29, 0.717) is 9.54 Å². The van der Waals surface area contributed by atoms with E-state index in [1.165, 1.54) is 0 Å². The summed E-state index contributed by atoms with van der Waals surface area (Å²) in [5, 5.41) is 5.56. The predicted molar refractivity (Wildman–Crippen MR) is 62.7 cm³/mol. The molecule has 0 aliphatic carbocycles. The molecule has 0 bridgehead atoms. The van der Waals surface area contributed by atoms with Gasteiger partial charge in [-0.2, -0.15) is 0 Å². The van der Waals surface area contributed by atoms with Crippen LogP contribution in [0, 0.1) is 9.54 Å². The van der Waals surface area contributed by atoms with Gasteiger partial charge in [-0.25, -0.2) is 0 Å². The minimum absolute atomic E-state index is 0.546. The summed E-state index contributed by atoms with van der Waals surface area (Å²) in [6, 6.07) is 7.51. The highest BCUT2D eigenvalue weighted by Gasteiger charge is 2.00. The van der Waals surface area contributed by atoms with Gasteiger partial charge in [0.25, 0.3) is 0 Å². The summed E-state index contributed by atoms with van der Waals surface area (Å²) in [6.45, 7) is 0. The number of nitrogens with zero attached hydrogens (tertiary/aromatic N) is 1. The summed E-state index contributed by atoms with van der Waals surface area (Å²) in [4.78, 5) is 0. The van der Waals surface area contributed by atoms with Crippen molar-refractivity contribution in [2.24, 2.45) is 0 Å². The smallest absolute Gasteiger partial charge is 0.198 e. The second-order valence-electron chi connectivity index (χ2n) is 2.89. The molecule has 0 aliphatic rings. The van der Waals surface area contributed by atoms with E-state index in [1.807, 2.05) is 24.3 Å². The van der Waals surface area contributed by atoms with Crippen molar-refractivity contribution in [3.63, 3.8) is 0 Å². The number of hydrogen-bond donors (Lipinski definition) is 2. The quantitative estimate of drug-likeness (QED) is 0.792. The lowest BCUT2D eigenvalue weighted by Crippen LogP contribution is -1.94. The summed E-state index contributed by atoms with van der Waals surface area (Å²) in [7, 11) is 1.63. The Kier molecular flexibility index (Phi) is 2.70. The van der Waals surface area contributed by atoms with E-state index in [-0.39, 0.29) is 0 Å².